The molecule has 0 bridgehead atoms. The van der Waals surface area contributed by atoms with E-state index in [-0.39, 0.29) is 12.2 Å². The summed E-state index contributed by atoms with van der Waals surface area (Å²) < 4.78 is 1.33. The Bertz CT molecular complexity index is 981. The molecule has 3 aromatic rings. The van der Waals surface area contributed by atoms with Crippen LogP contribution in [0.25, 0.3) is 16.6 Å². The van der Waals surface area contributed by atoms with Gasteiger partial charge in [0, 0.05) is 17.6 Å². The van der Waals surface area contributed by atoms with E-state index in [1.807, 2.05) is 6.07 Å². The lowest BCUT2D eigenvalue weighted by atomic mass is 10.1. The average molecular weight is 339 g/mol. The molecular weight excluding hydrogens is 322 g/mol. The van der Waals surface area contributed by atoms with E-state index >= 15 is 0 Å². The van der Waals surface area contributed by atoms with Gasteiger partial charge in [0.25, 0.3) is 0 Å². The molecule has 0 radical (unpaired) electrons. The Balaban J connectivity index is 2.40. The summed E-state index contributed by atoms with van der Waals surface area (Å²) >= 11 is 0. The van der Waals surface area contributed by atoms with Crippen molar-refractivity contribution in [1.29, 1.82) is 0 Å². The average Bonchev–Trinajstić information content (AvgIpc) is 2.59. The molecule has 2 aromatic carbocycles. The highest BCUT2D eigenvalue weighted by molar-refractivity contribution is 5.97. The van der Waals surface area contributed by atoms with Gasteiger partial charge in [-0.1, -0.05) is 36.4 Å². The van der Waals surface area contributed by atoms with Gasteiger partial charge in [0.15, 0.2) is 0 Å². The molecule has 0 aliphatic carbocycles. The summed E-state index contributed by atoms with van der Waals surface area (Å²) in [6.45, 7) is 1.66. The van der Waals surface area contributed by atoms with Crippen LogP contribution in [0, 0.1) is 10.1 Å². The van der Waals surface area contributed by atoms with Crippen molar-refractivity contribution in [2.24, 2.45) is 0 Å². The van der Waals surface area contributed by atoms with Crippen LogP contribution >= 0.6 is 0 Å². The minimum absolute atomic E-state index is 0.0968. The van der Waals surface area contributed by atoms with Gasteiger partial charge in [-0.2, -0.15) is 0 Å². The summed E-state index contributed by atoms with van der Waals surface area (Å²) in [6, 6.07) is 15.8. The molecule has 0 saturated carbocycles. The summed E-state index contributed by atoms with van der Waals surface area (Å²) in [5.74, 6) is 0. The van der Waals surface area contributed by atoms with E-state index in [0.717, 1.165) is 0 Å². The van der Waals surface area contributed by atoms with Gasteiger partial charge in [-0.3, -0.25) is 19.5 Å². The Labute approximate surface area is 143 Å². The number of anilines is 1. The maximum atomic E-state index is 12.9. The zero-order chi connectivity index (χ0) is 18.0. The van der Waals surface area contributed by atoms with Crippen molar-refractivity contribution in [2.75, 3.05) is 11.9 Å². The number of rotatable bonds is 5. The second-order valence-corrected chi connectivity index (χ2v) is 5.70. The highest BCUT2D eigenvalue weighted by atomic mass is 16.6. The molecule has 0 amide bonds. The molecule has 25 heavy (non-hydrogen) atoms. The van der Waals surface area contributed by atoms with E-state index in [2.05, 4.69) is 5.32 Å². The number of nitrogens with zero attached hydrogens (tertiary/aromatic N) is 2. The SMILES string of the molecule is CC(O)CNc1c([N+](=O)[O-])c(=O)n(-c2ccccc2)c2ccccc12. The largest absolute Gasteiger partial charge is 0.392 e. The molecule has 1 atom stereocenters. The summed E-state index contributed by atoms with van der Waals surface area (Å²) in [7, 11) is 0. The van der Waals surface area contributed by atoms with Crippen molar-refractivity contribution >= 4 is 22.3 Å². The van der Waals surface area contributed by atoms with Gasteiger partial charge >= 0.3 is 11.2 Å². The van der Waals surface area contributed by atoms with Gasteiger partial charge in [0.2, 0.25) is 0 Å². The van der Waals surface area contributed by atoms with Crippen molar-refractivity contribution in [1.82, 2.24) is 4.57 Å². The number of nitrogens with one attached hydrogen (secondary N) is 1. The van der Waals surface area contributed by atoms with Crippen LogP contribution in [0.1, 0.15) is 6.92 Å². The van der Waals surface area contributed by atoms with Gasteiger partial charge in [-0.05, 0) is 25.1 Å². The van der Waals surface area contributed by atoms with Crippen LogP contribution in [-0.4, -0.2) is 27.2 Å². The first-order chi connectivity index (χ1) is 12.0. The van der Waals surface area contributed by atoms with Crippen LogP contribution in [0.3, 0.4) is 0 Å². The number of hydrogen-bond acceptors (Lipinski definition) is 5. The van der Waals surface area contributed by atoms with Crippen LogP contribution in [0.2, 0.25) is 0 Å². The molecule has 0 aliphatic rings. The fourth-order valence-corrected chi connectivity index (χ4v) is 2.76. The summed E-state index contributed by atoms with van der Waals surface area (Å²) in [5.41, 5.74) is -0.0313. The Morgan fingerprint density at radius 3 is 2.44 bits per heavy atom. The molecule has 0 saturated heterocycles. The second kappa shape index (κ2) is 6.74. The third-order valence-electron chi connectivity index (χ3n) is 3.83. The molecule has 128 valence electrons. The molecule has 2 N–H and O–H groups in total. The van der Waals surface area contributed by atoms with Crippen LogP contribution in [-0.2, 0) is 0 Å². The third kappa shape index (κ3) is 3.09. The standard InChI is InChI=1S/C18H17N3O4/c1-12(22)11-19-16-14-9-5-6-10-15(14)20(13-7-3-2-4-8-13)18(23)17(16)21(24)25/h2-10,12,19,22H,11H2,1H3. The van der Waals surface area contributed by atoms with Crippen LogP contribution in [0.15, 0.2) is 59.4 Å². The molecule has 1 heterocycles. The zero-order valence-electron chi connectivity index (χ0n) is 13.5. The van der Waals surface area contributed by atoms with E-state index in [1.165, 1.54) is 4.57 Å². The van der Waals surface area contributed by atoms with Crippen molar-refractivity contribution in [3.8, 4) is 5.69 Å². The summed E-state index contributed by atoms with van der Waals surface area (Å²) in [5, 5.41) is 24.5. The first-order valence-electron chi connectivity index (χ1n) is 7.80. The van der Waals surface area contributed by atoms with Crippen molar-refractivity contribution in [3.05, 3.63) is 75.1 Å². The Kier molecular flexibility index (Phi) is 4.49. The monoisotopic (exact) mass is 339 g/mol. The van der Waals surface area contributed by atoms with Gasteiger partial charge in [-0.15, -0.1) is 0 Å². The number of para-hydroxylation sites is 2. The fraction of sp³-hybridized carbons (Fsp3) is 0.167. The number of aromatic nitrogens is 1. The topological polar surface area (TPSA) is 97.4 Å². The predicted molar refractivity (Wildman–Crippen MR) is 96.4 cm³/mol. The van der Waals surface area contributed by atoms with Crippen molar-refractivity contribution in [3.63, 3.8) is 0 Å². The lowest BCUT2D eigenvalue weighted by Gasteiger charge is -2.16. The van der Waals surface area contributed by atoms with E-state index in [9.17, 15) is 20.0 Å². The molecule has 1 aromatic heterocycles. The molecular formula is C18H17N3O4. The third-order valence-corrected chi connectivity index (χ3v) is 3.83. The Hall–Kier alpha value is -3.19. The first kappa shape index (κ1) is 16.7. The number of pyridine rings is 1. The predicted octanol–water partition coefficient (Wildman–Crippen LogP) is 2.69. The van der Waals surface area contributed by atoms with Gasteiger partial charge in [0.1, 0.15) is 5.69 Å². The normalized spacial score (nSPS) is 12.1. The first-order valence-corrected chi connectivity index (χ1v) is 7.80. The summed E-state index contributed by atoms with van der Waals surface area (Å²) in [4.78, 5) is 23.8. The number of fused-ring (bicyclic) bond motifs is 1. The number of aliphatic hydroxyl groups is 1. The van der Waals surface area contributed by atoms with Gasteiger partial charge in [-0.25, -0.2) is 0 Å². The molecule has 3 rings (SSSR count). The maximum absolute atomic E-state index is 12.9. The smallest absolute Gasteiger partial charge is 0.357 e. The van der Waals surface area contributed by atoms with E-state index in [0.29, 0.717) is 16.6 Å². The van der Waals surface area contributed by atoms with Crippen molar-refractivity contribution < 1.29 is 10.0 Å². The molecule has 0 fully saturated rings. The Morgan fingerprint density at radius 2 is 1.80 bits per heavy atom. The highest BCUT2D eigenvalue weighted by Crippen LogP contribution is 2.31. The minimum atomic E-state index is -0.719. The second-order valence-electron chi connectivity index (χ2n) is 5.70. The lowest BCUT2D eigenvalue weighted by molar-refractivity contribution is -0.385. The van der Waals surface area contributed by atoms with E-state index in [1.54, 1.807) is 55.5 Å². The summed E-state index contributed by atoms with van der Waals surface area (Å²) in [6.07, 6.45) is -0.713. The number of aliphatic hydroxyl groups excluding tert-OH is 1. The van der Waals surface area contributed by atoms with Crippen LogP contribution in [0.5, 0.6) is 0 Å². The molecule has 0 spiro atoms. The minimum Gasteiger partial charge on any atom is -0.392 e. The Morgan fingerprint density at radius 1 is 1.16 bits per heavy atom. The van der Waals surface area contributed by atoms with Crippen LogP contribution in [0.4, 0.5) is 11.4 Å². The molecule has 7 heteroatoms. The quantitative estimate of drug-likeness (QED) is 0.550. The van der Waals surface area contributed by atoms with Gasteiger partial charge < -0.3 is 10.4 Å². The number of benzene rings is 2. The van der Waals surface area contributed by atoms with Crippen LogP contribution < -0.4 is 10.9 Å². The number of nitro groups is 1. The highest BCUT2D eigenvalue weighted by Gasteiger charge is 2.26. The van der Waals surface area contributed by atoms with Crippen molar-refractivity contribution in [2.45, 2.75) is 13.0 Å². The zero-order valence-corrected chi connectivity index (χ0v) is 13.5. The molecule has 1 unspecified atom stereocenters. The molecule has 7 nitrogen and oxygen atoms in total. The number of hydrogen-bond donors (Lipinski definition) is 2. The maximum Gasteiger partial charge on any atom is 0.357 e. The molecule has 0 aliphatic heterocycles. The lowest BCUT2D eigenvalue weighted by Crippen LogP contribution is -2.25. The van der Waals surface area contributed by atoms with Gasteiger partial charge in [0.05, 0.1) is 16.5 Å². The van der Waals surface area contributed by atoms with E-state index < -0.39 is 22.3 Å². The van der Waals surface area contributed by atoms with E-state index in [4.69, 9.17) is 0 Å². The fourth-order valence-electron chi connectivity index (χ4n) is 2.76.